The van der Waals surface area contributed by atoms with Crippen molar-refractivity contribution < 1.29 is 4.74 Å². The van der Waals surface area contributed by atoms with Crippen molar-refractivity contribution in [2.75, 3.05) is 18.6 Å². The molecule has 0 saturated carbocycles. The van der Waals surface area contributed by atoms with Crippen LogP contribution in [-0.4, -0.2) is 34.4 Å². The summed E-state index contributed by atoms with van der Waals surface area (Å²) in [5, 5.41) is 8.23. The van der Waals surface area contributed by atoms with Crippen LogP contribution in [0.4, 0.5) is 0 Å². The first-order valence-electron chi connectivity index (χ1n) is 7.35. The highest BCUT2D eigenvalue weighted by molar-refractivity contribution is 7.99. The van der Waals surface area contributed by atoms with Crippen LogP contribution in [0, 0.1) is 0 Å². The second-order valence-corrected chi connectivity index (χ2v) is 6.39. The van der Waals surface area contributed by atoms with Crippen molar-refractivity contribution in [2.45, 2.75) is 25.4 Å². The molecule has 2 aromatic rings. The molecule has 0 amide bonds. The molecule has 1 saturated heterocycles. The molecule has 1 aromatic carbocycles. The molecular weight excluding hydrogens is 282 g/mol. The lowest BCUT2D eigenvalue weighted by atomic mass is 10.2. The molecule has 1 aromatic heterocycles. The molecule has 1 aliphatic rings. The molecule has 4 nitrogen and oxygen atoms in total. The molecule has 0 spiro atoms. The molecule has 1 N–H and O–H groups in total. The van der Waals surface area contributed by atoms with Gasteiger partial charge in [0.2, 0.25) is 0 Å². The highest BCUT2D eigenvalue weighted by Crippen LogP contribution is 2.17. The standard InChI is InChI=1S/C16H21N3OS/c1-20-16-6-4-15(5-7-16)19-9-8-13(18-19)11-17-14-3-2-10-21-12-14/h4-9,14,17H,2-3,10-12H2,1H3. The van der Waals surface area contributed by atoms with Gasteiger partial charge in [-0.3, -0.25) is 0 Å². The van der Waals surface area contributed by atoms with E-state index in [2.05, 4.69) is 16.5 Å². The van der Waals surface area contributed by atoms with Gasteiger partial charge in [0.05, 0.1) is 18.5 Å². The molecule has 1 aliphatic heterocycles. The summed E-state index contributed by atoms with van der Waals surface area (Å²) in [6, 6.07) is 10.6. The average Bonchev–Trinajstić information content (AvgIpc) is 3.03. The van der Waals surface area contributed by atoms with Gasteiger partial charge in [0.1, 0.15) is 5.75 Å². The van der Waals surface area contributed by atoms with E-state index >= 15 is 0 Å². The number of rotatable bonds is 5. The van der Waals surface area contributed by atoms with Gasteiger partial charge in [-0.25, -0.2) is 4.68 Å². The number of nitrogens with one attached hydrogen (secondary N) is 1. The van der Waals surface area contributed by atoms with Crippen molar-refractivity contribution in [2.24, 2.45) is 0 Å². The van der Waals surface area contributed by atoms with Gasteiger partial charge in [-0.2, -0.15) is 16.9 Å². The van der Waals surface area contributed by atoms with Crippen LogP contribution in [0.25, 0.3) is 5.69 Å². The summed E-state index contributed by atoms with van der Waals surface area (Å²) in [6.07, 6.45) is 4.61. The first kappa shape index (κ1) is 14.5. The molecule has 0 aliphatic carbocycles. The SMILES string of the molecule is COc1ccc(-n2ccc(CNC3CCCSC3)n2)cc1. The summed E-state index contributed by atoms with van der Waals surface area (Å²) in [4.78, 5) is 0. The van der Waals surface area contributed by atoms with Gasteiger partial charge in [0.15, 0.2) is 0 Å². The van der Waals surface area contributed by atoms with E-state index in [1.54, 1.807) is 7.11 Å². The zero-order valence-electron chi connectivity index (χ0n) is 12.3. The van der Waals surface area contributed by atoms with Crippen molar-refractivity contribution in [3.05, 3.63) is 42.2 Å². The van der Waals surface area contributed by atoms with Crippen LogP contribution >= 0.6 is 11.8 Å². The molecule has 112 valence electrons. The Kier molecular flexibility index (Phi) is 4.83. The number of nitrogens with zero attached hydrogens (tertiary/aromatic N) is 2. The van der Waals surface area contributed by atoms with E-state index in [0.717, 1.165) is 23.7 Å². The summed E-state index contributed by atoms with van der Waals surface area (Å²) in [6.45, 7) is 0.842. The van der Waals surface area contributed by atoms with Crippen molar-refractivity contribution in [3.63, 3.8) is 0 Å². The lowest BCUT2D eigenvalue weighted by Crippen LogP contribution is -2.33. The Morgan fingerprint density at radius 1 is 1.33 bits per heavy atom. The second-order valence-electron chi connectivity index (χ2n) is 5.24. The molecule has 5 heteroatoms. The van der Waals surface area contributed by atoms with Gasteiger partial charge < -0.3 is 10.1 Å². The predicted molar refractivity (Wildman–Crippen MR) is 87.3 cm³/mol. The molecular formula is C16H21N3OS. The Labute approximate surface area is 129 Å². The Bertz CT molecular complexity index is 561. The first-order chi connectivity index (χ1) is 10.3. The highest BCUT2D eigenvalue weighted by Gasteiger charge is 2.13. The van der Waals surface area contributed by atoms with Gasteiger partial charge in [-0.1, -0.05) is 0 Å². The maximum atomic E-state index is 5.17. The summed E-state index contributed by atoms with van der Waals surface area (Å²) >= 11 is 2.04. The Hall–Kier alpha value is -1.46. The van der Waals surface area contributed by atoms with Crippen molar-refractivity contribution in [1.82, 2.24) is 15.1 Å². The number of aromatic nitrogens is 2. The zero-order valence-corrected chi connectivity index (χ0v) is 13.1. The van der Waals surface area contributed by atoms with Crippen LogP contribution in [0.2, 0.25) is 0 Å². The van der Waals surface area contributed by atoms with E-state index in [1.807, 2.05) is 46.9 Å². The van der Waals surface area contributed by atoms with Crippen LogP contribution in [0.5, 0.6) is 5.75 Å². The number of ether oxygens (including phenoxy) is 1. The van der Waals surface area contributed by atoms with Crippen LogP contribution in [0.1, 0.15) is 18.5 Å². The minimum atomic E-state index is 0.634. The first-order valence-corrected chi connectivity index (χ1v) is 8.51. The van der Waals surface area contributed by atoms with Crippen molar-refractivity contribution in [3.8, 4) is 11.4 Å². The number of hydrogen-bond donors (Lipinski definition) is 1. The van der Waals surface area contributed by atoms with Gasteiger partial charge in [-0.15, -0.1) is 0 Å². The Morgan fingerprint density at radius 2 is 2.19 bits per heavy atom. The lowest BCUT2D eigenvalue weighted by Gasteiger charge is -2.21. The van der Waals surface area contributed by atoms with E-state index in [-0.39, 0.29) is 0 Å². The normalized spacial score (nSPS) is 18.6. The van der Waals surface area contributed by atoms with Gasteiger partial charge >= 0.3 is 0 Å². The minimum Gasteiger partial charge on any atom is -0.497 e. The summed E-state index contributed by atoms with van der Waals surface area (Å²) in [5.74, 6) is 3.39. The van der Waals surface area contributed by atoms with E-state index in [9.17, 15) is 0 Å². The highest BCUT2D eigenvalue weighted by atomic mass is 32.2. The van der Waals surface area contributed by atoms with Gasteiger partial charge in [-0.05, 0) is 48.9 Å². The van der Waals surface area contributed by atoms with Gasteiger partial charge in [0.25, 0.3) is 0 Å². The van der Waals surface area contributed by atoms with E-state index in [0.29, 0.717) is 6.04 Å². The van der Waals surface area contributed by atoms with E-state index < -0.39 is 0 Å². The fourth-order valence-electron chi connectivity index (χ4n) is 2.49. The van der Waals surface area contributed by atoms with Crippen LogP contribution in [0.15, 0.2) is 36.5 Å². The fraction of sp³-hybridized carbons (Fsp3) is 0.438. The smallest absolute Gasteiger partial charge is 0.119 e. The van der Waals surface area contributed by atoms with Gasteiger partial charge in [0, 0.05) is 24.5 Å². The molecule has 1 atom stereocenters. The van der Waals surface area contributed by atoms with Crippen LogP contribution in [0.3, 0.4) is 0 Å². The number of hydrogen-bond acceptors (Lipinski definition) is 4. The molecule has 21 heavy (non-hydrogen) atoms. The third-order valence-electron chi connectivity index (χ3n) is 3.71. The van der Waals surface area contributed by atoms with Crippen molar-refractivity contribution >= 4 is 11.8 Å². The number of thioether (sulfide) groups is 1. The summed E-state index contributed by atoms with van der Waals surface area (Å²) in [5.41, 5.74) is 2.14. The summed E-state index contributed by atoms with van der Waals surface area (Å²) in [7, 11) is 1.68. The number of methoxy groups -OCH3 is 1. The third kappa shape index (κ3) is 3.80. The molecule has 0 bridgehead atoms. The third-order valence-corrected chi connectivity index (χ3v) is 4.93. The quantitative estimate of drug-likeness (QED) is 0.922. The van der Waals surface area contributed by atoms with Crippen LogP contribution in [-0.2, 0) is 6.54 Å². The topological polar surface area (TPSA) is 39.1 Å². The molecule has 0 radical (unpaired) electrons. The Morgan fingerprint density at radius 3 is 2.90 bits per heavy atom. The molecule has 1 unspecified atom stereocenters. The maximum Gasteiger partial charge on any atom is 0.119 e. The monoisotopic (exact) mass is 303 g/mol. The van der Waals surface area contributed by atoms with E-state index in [4.69, 9.17) is 4.74 Å². The lowest BCUT2D eigenvalue weighted by molar-refractivity contribution is 0.414. The second kappa shape index (κ2) is 7.00. The van der Waals surface area contributed by atoms with Crippen molar-refractivity contribution in [1.29, 1.82) is 0 Å². The largest absolute Gasteiger partial charge is 0.497 e. The molecule has 1 fully saturated rings. The van der Waals surface area contributed by atoms with E-state index in [1.165, 1.54) is 24.3 Å². The maximum absolute atomic E-state index is 5.17. The fourth-order valence-corrected chi connectivity index (χ4v) is 3.59. The molecule has 3 rings (SSSR count). The number of benzene rings is 1. The predicted octanol–water partition coefficient (Wildman–Crippen LogP) is 2.87. The Balaban J connectivity index is 1.59. The minimum absolute atomic E-state index is 0.634. The average molecular weight is 303 g/mol. The molecule has 2 heterocycles. The zero-order chi connectivity index (χ0) is 14.5. The van der Waals surface area contributed by atoms with Crippen LogP contribution < -0.4 is 10.1 Å². The summed E-state index contributed by atoms with van der Waals surface area (Å²) < 4.78 is 7.08.